The number of halogens is 3. The summed E-state index contributed by atoms with van der Waals surface area (Å²) in [6.45, 7) is 1.98. The second kappa shape index (κ2) is 7.06. The van der Waals surface area contributed by atoms with Gasteiger partial charge >= 0.3 is 6.18 Å². The molecule has 7 heteroatoms. The molecule has 0 amide bonds. The molecule has 1 N–H and O–H groups in total. The van der Waals surface area contributed by atoms with Gasteiger partial charge in [0.15, 0.2) is 0 Å². The predicted molar refractivity (Wildman–Crippen MR) is 94.9 cm³/mol. The Bertz CT molecular complexity index is 869. The van der Waals surface area contributed by atoms with Gasteiger partial charge in [0, 0.05) is 10.4 Å². The maximum absolute atomic E-state index is 12.5. The second-order valence-electron chi connectivity index (χ2n) is 5.28. The van der Waals surface area contributed by atoms with Gasteiger partial charge in [0.1, 0.15) is 0 Å². The Morgan fingerprint density at radius 3 is 2.36 bits per heavy atom. The summed E-state index contributed by atoms with van der Waals surface area (Å²) in [6.07, 6.45) is -2.88. The van der Waals surface area contributed by atoms with Crippen LogP contribution in [0.5, 0.6) is 0 Å². The lowest BCUT2D eigenvalue weighted by Crippen LogP contribution is -2.04. The van der Waals surface area contributed by atoms with Gasteiger partial charge in [-0.3, -0.25) is 5.43 Å². The van der Waals surface area contributed by atoms with E-state index in [-0.39, 0.29) is 0 Å². The summed E-state index contributed by atoms with van der Waals surface area (Å²) in [5.41, 5.74) is 4.62. The maximum Gasteiger partial charge on any atom is 0.416 e. The van der Waals surface area contributed by atoms with E-state index in [1.54, 1.807) is 0 Å². The van der Waals surface area contributed by atoms with Crippen LogP contribution in [0, 0.1) is 6.92 Å². The minimum atomic E-state index is -4.33. The SMILES string of the molecule is Cc1sc(N/N=C\c2ccc(C(F)(F)F)cc2)nc1-c1ccccc1. The van der Waals surface area contributed by atoms with Crippen LogP contribution >= 0.6 is 11.3 Å². The van der Waals surface area contributed by atoms with E-state index >= 15 is 0 Å². The van der Waals surface area contributed by atoms with Gasteiger partial charge in [-0.2, -0.15) is 18.3 Å². The Kier molecular flexibility index (Phi) is 4.85. The molecule has 3 nitrogen and oxygen atoms in total. The summed E-state index contributed by atoms with van der Waals surface area (Å²) in [6, 6.07) is 14.6. The van der Waals surface area contributed by atoms with E-state index in [4.69, 9.17) is 0 Å². The predicted octanol–water partition coefficient (Wildman–Crippen LogP) is 5.58. The Hall–Kier alpha value is -2.67. The Morgan fingerprint density at radius 2 is 1.72 bits per heavy atom. The first-order chi connectivity index (χ1) is 11.9. The van der Waals surface area contributed by atoms with Crippen molar-refractivity contribution in [1.82, 2.24) is 4.98 Å². The number of rotatable bonds is 4. The number of anilines is 1. The van der Waals surface area contributed by atoms with Crippen molar-refractivity contribution in [2.75, 3.05) is 5.43 Å². The highest BCUT2D eigenvalue weighted by atomic mass is 32.1. The van der Waals surface area contributed by atoms with Gasteiger partial charge in [-0.15, -0.1) is 11.3 Å². The van der Waals surface area contributed by atoms with Gasteiger partial charge in [-0.25, -0.2) is 4.98 Å². The molecule has 0 atom stereocenters. The summed E-state index contributed by atoms with van der Waals surface area (Å²) in [4.78, 5) is 5.56. The van der Waals surface area contributed by atoms with Crippen LogP contribution in [-0.4, -0.2) is 11.2 Å². The smallest absolute Gasteiger partial charge is 0.253 e. The van der Waals surface area contributed by atoms with Gasteiger partial charge < -0.3 is 0 Å². The molecule has 128 valence electrons. The molecule has 1 heterocycles. The molecular formula is C18H14F3N3S. The highest BCUT2D eigenvalue weighted by Crippen LogP contribution is 2.30. The minimum Gasteiger partial charge on any atom is -0.253 e. The number of hydrogen-bond donors (Lipinski definition) is 1. The molecule has 0 spiro atoms. The third kappa shape index (κ3) is 4.24. The van der Waals surface area contributed by atoms with Gasteiger partial charge in [-0.05, 0) is 24.6 Å². The minimum absolute atomic E-state index is 0.567. The molecule has 0 saturated carbocycles. The van der Waals surface area contributed by atoms with Crippen molar-refractivity contribution in [2.24, 2.45) is 5.10 Å². The van der Waals surface area contributed by atoms with Crippen molar-refractivity contribution in [1.29, 1.82) is 0 Å². The number of nitrogens with zero attached hydrogens (tertiary/aromatic N) is 2. The van der Waals surface area contributed by atoms with Crippen LogP contribution < -0.4 is 5.43 Å². The molecule has 0 unspecified atom stereocenters. The van der Waals surface area contributed by atoms with Crippen molar-refractivity contribution in [3.05, 3.63) is 70.6 Å². The molecular weight excluding hydrogens is 347 g/mol. The van der Waals surface area contributed by atoms with E-state index in [1.807, 2.05) is 37.3 Å². The van der Waals surface area contributed by atoms with Crippen molar-refractivity contribution >= 4 is 22.7 Å². The van der Waals surface area contributed by atoms with E-state index < -0.39 is 11.7 Å². The zero-order valence-corrected chi connectivity index (χ0v) is 14.0. The Morgan fingerprint density at radius 1 is 1.04 bits per heavy atom. The number of benzene rings is 2. The highest BCUT2D eigenvalue weighted by Gasteiger charge is 2.29. The third-order valence-electron chi connectivity index (χ3n) is 3.46. The Balaban J connectivity index is 1.69. The number of hydrazone groups is 1. The van der Waals surface area contributed by atoms with Crippen molar-refractivity contribution in [3.8, 4) is 11.3 Å². The van der Waals surface area contributed by atoms with Crippen LogP contribution in [0.4, 0.5) is 18.3 Å². The maximum atomic E-state index is 12.5. The lowest BCUT2D eigenvalue weighted by atomic mass is 10.1. The summed E-state index contributed by atoms with van der Waals surface area (Å²) in [5.74, 6) is 0. The Labute approximate surface area is 146 Å². The second-order valence-corrected chi connectivity index (χ2v) is 6.48. The van der Waals surface area contributed by atoms with E-state index in [0.29, 0.717) is 10.7 Å². The van der Waals surface area contributed by atoms with Gasteiger partial charge in [0.05, 0.1) is 17.5 Å². The average Bonchev–Trinajstić information content (AvgIpc) is 2.96. The summed E-state index contributed by atoms with van der Waals surface area (Å²) in [5, 5.41) is 4.67. The molecule has 0 aliphatic rings. The lowest BCUT2D eigenvalue weighted by Gasteiger charge is -2.05. The molecule has 0 aliphatic carbocycles. The van der Waals surface area contributed by atoms with Gasteiger partial charge in [-0.1, -0.05) is 42.5 Å². The molecule has 3 rings (SSSR count). The summed E-state index contributed by atoms with van der Waals surface area (Å²) < 4.78 is 37.6. The molecule has 25 heavy (non-hydrogen) atoms. The standard InChI is InChI=1S/C18H14F3N3S/c1-12-16(14-5-3-2-4-6-14)23-17(25-12)24-22-11-13-7-9-15(10-8-13)18(19,20)21/h2-11H,1H3,(H,23,24)/b22-11-. The summed E-state index contributed by atoms with van der Waals surface area (Å²) in [7, 11) is 0. The van der Waals surface area contributed by atoms with Crippen LogP contribution in [-0.2, 0) is 6.18 Å². The first-order valence-electron chi connectivity index (χ1n) is 7.42. The van der Waals surface area contributed by atoms with Crippen LogP contribution in [0.1, 0.15) is 16.0 Å². The molecule has 1 aromatic heterocycles. The summed E-state index contributed by atoms with van der Waals surface area (Å²) >= 11 is 1.47. The van der Waals surface area contributed by atoms with E-state index in [0.717, 1.165) is 28.3 Å². The molecule has 0 fully saturated rings. The van der Waals surface area contributed by atoms with Crippen LogP contribution in [0.2, 0.25) is 0 Å². The van der Waals surface area contributed by atoms with Crippen LogP contribution in [0.25, 0.3) is 11.3 Å². The first kappa shape index (κ1) is 17.2. The molecule has 0 bridgehead atoms. The quantitative estimate of drug-likeness (QED) is 0.486. The van der Waals surface area contributed by atoms with Crippen LogP contribution in [0.15, 0.2) is 59.7 Å². The zero-order valence-electron chi connectivity index (χ0n) is 13.2. The number of aromatic nitrogens is 1. The van der Waals surface area contributed by atoms with Crippen molar-refractivity contribution in [3.63, 3.8) is 0 Å². The van der Waals surface area contributed by atoms with E-state index in [1.165, 1.54) is 29.7 Å². The highest BCUT2D eigenvalue weighted by molar-refractivity contribution is 7.15. The van der Waals surface area contributed by atoms with Crippen LogP contribution in [0.3, 0.4) is 0 Å². The average molecular weight is 361 g/mol. The topological polar surface area (TPSA) is 37.3 Å². The number of hydrogen-bond acceptors (Lipinski definition) is 4. The van der Waals surface area contributed by atoms with Crippen molar-refractivity contribution < 1.29 is 13.2 Å². The van der Waals surface area contributed by atoms with E-state index in [2.05, 4.69) is 15.5 Å². The largest absolute Gasteiger partial charge is 0.416 e. The van der Waals surface area contributed by atoms with Crippen molar-refractivity contribution in [2.45, 2.75) is 13.1 Å². The number of thiazole rings is 1. The third-order valence-corrected chi connectivity index (χ3v) is 4.33. The fourth-order valence-electron chi connectivity index (χ4n) is 2.23. The fraction of sp³-hybridized carbons (Fsp3) is 0.111. The molecule has 0 saturated heterocycles. The monoisotopic (exact) mass is 361 g/mol. The molecule has 0 radical (unpaired) electrons. The number of nitrogens with one attached hydrogen (secondary N) is 1. The van der Waals surface area contributed by atoms with Gasteiger partial charge in [0.2, 0.25) is 5.13 Å². The molecule has 2 aromatic carbocycles. The zero-order chi connectivity index (χ0) is 17.9. The lowest BCUT2D eigenvalue weighted by molar-refractivity contribution is -0.137. The first-order valence-corrected chi connectivity index (χ1v) is 8.24. The molecule has 0 aliphatic heterocycles. The number of alkyl halides is 3. The normalized spacial score (nSPS) is 11.8. The van der Waals surface area contributed by atoms with Gasteiger partial charge in [0.25, 0.3) is 0 Å². The fourth-order valence-corrected chi connectivity index (χ4v) is 3.01. The van der Waals surface area contributed by atoms with E-state index in [9.17, 15) is 13.2 Å². The molecule has 3 aromatic rings. The number of aryl methyl sites for hydroxylation is 1.